The summed E-state index contributed by atoms with van der Waals surface area (Å²) in [4.78, 5) is 0. The first-order valence-electron chi connectivity index (χ1n) is 4.36. The molecule has 0 bridgehead atoms. The molecule has 0 aromatic heterocycles. The molecular formula is C10H19. The molecular weight excluding hydrogens is 120 g/mol. The minimum Gasteiger partial charge on any atom is -0.0885 e. The van der Waals surface area contributed by atoms with Gasteiger partial charge in [0, 0.05) is 0 Å². The lowest BCUT2D eigenvalue weighted by molar-refractivity contribution is 0.805. The zero-order valence-corrected chi connectivity index (χ0v) is 7.10. The molecule has 0 saturated carbocycles. The highest BCUT2D eigenvalue weighted by atomic mass is 13.9. The molecule has 0 amide bonds. The second-order valence-electron chi connectivity index (χ2n) is 2.61. The van der Waals surface area contributed by atoms with Crippen LogP contribution in [-0.4, -0.2) is 0 Å². The summed E-state index contributed by atoms with van der Waals surface area (Å²) in [5, 5.41) is 0. The predicted molar refractivity (Wildman–Crippen MR) is 47.9 cm³/mol. The molecule has 0 nitrogen and oxygen atoms in total. The second-order valence-corrected chi connectivity index (χ2v) is 2.61. The van der Waals surface area contributed by atoms with Crippen molar-refractivity contribution in [3.8, 4) is 0 Å². The quantitative estimate of drug-likeness (QED) is 0.388. The lowest BCUT2D eigenvalue weighted by Gasteiger charge is -1.89. The van der Waals surface area contributed by atoms with E-state index in [1.165, 1.54) is 32.1 Å². The van der Waals surface area contributed by atoms with Crippen LogP contribution in [0.2, 0.25) is 0 Å². The van der Waals surface area contributed by atoms with Gasteiger partial charge in [0.25, 0.3) is 0 Å². The van der Waals surface area contributed by atoms with Crippen LogP contribution in [-0.2, 0) is 0 Å². The summed E-state index contributed by atoms with van der Waals surface area (Å²) >= 11 is 0. The van der Waals surface area contributed by atoms with Crippen molar-refractivity contribution in [1.29, 1.82) is 0 Å². The van der Waals surface area contributed by atoms with Gasteiger partial charge in [0.15, 0.2) is 0 Å². The van der Waals surface area contributed by atoms with E-state index in [2.05, 4.69) is 26.0 Å². The molecule has 0 atom stereocenters. The zero-order valence-electron chi connectivity index (χ0n) is 7.10. The SMILES string of the molecule is [CH2]CCCC=CCCCC. The van der Waals surface area contributed by atoms with Gasteiger partial charge in [-0.05, 0) is 19.3 Å². The maximum atomic E-state index is 3.79. The summed E-state index contributed by atoms with van der Waals surface area (Å²) in [5.74, 6) is 0. The normalized spacial score (nSPS) is 11.0. The molecule has 0 rings (SSSR count). The minimum atomic E-state index is 1.07. The summed E-state index contributed by atoms with van der Waals surface area (Å²) < 4.78 is 0. The van der Waals surface area contributed by atoms with Gasteiger partial charge in [-0.2, -0.15) is 0 Å². The Bertz CT molecular complexity index is 62.1. The van der Waals surface area contributed by atoms with Gasteiger partial charge in [-0.1, -0.05) is 45.3 Å². The molecule has 0 aliphatic heterocycles. The van der Waals surface area contributed by atoms with E-state index in [1.807, 2.05) is 0 Å². The van der Waals surface area contributed by atoms with Crippen LogP contribution < -0.4 is 0 Å². The van der Waals surface area contributed by atoms with Gasteiger partial charge in [-0.15, -0.1) is 0 Å². The van der Waals surface area contributed by atoms with E-state index in [4.69, 9.17) is 0 Å². The van der Waals surface area contributed by atoms with E-state index in [0.717, 1.165) is 6.42 Å². The first kappa shape index (κ1) is 9.74. The van der Waals surface area contributed by atoms with E-state index in [9.17, 15) is 0 Å². The first-order valence-corrected chi connectivity index (χ1v) is 4.36. The van der Waals surface area contributed by atoms with Gasteiger partial charge in [0.2, 0.25) is 0 Å². The lowest BCUT2D eigenvalue weighted by atomic mass is 10.2. The third-order valence-electron chi connectivity index (χ3n) is 1.51. The Balaban J connectivity index is 2.89. The van der Waals surface area contributed by atoms with Crippen LogP contribution in [0.5, 0.6) is 0 Å². The minimum absolute atomic E-state index is 1.07. The highest BCUT2D eigenvalue weighted by Crippen LogP contribution is 1.99. The number of hydrogen-bond acceptors (Lipinski definition) is 0. The van der Waals surface area contributed by atoms with Gasteiger partial charge in [0.05, 0.1) is 0 Å². The number of allylic oxidation sites excluding steroid dienone is 2. The third kappa shape index (κ3) is 7.74. The Labute approximate surface area is 65.3 Å². The molecule has 0 heterocycles. The molecule has 0 heteroatoms. The van der Waals surface area contributed by atoms with Crippen molar-refractivity contribution in [2.24, 2.45) is 0 Å². The first-order chi connectivity index (χ1) is 4.91. The van der Waals surface area contributed by atoms with E-state index in [0.29, 0.717) is 0 Å². The fraction of sp³-hybridized carbons (Fsp3) is 0.700. The van der Waals surface area contributed by atoms with Crippen molar-refractivity contribution >= 4 is 0 Å². The van der Waals surface area contributed by atoms with Crippen molar-refractivity contribution in [3.05, 3.63) is 19.1 Å². The number of unbranched alkanes of at least 4 members (excludes halogenated alkanes) is 4. The van der Waals surface area contributed by atoms with Crippen LogP contribution in [0.3, 0.4) is 0 Å². The van der Waals surface area contributed by atoms with Crippen molar-refractivity contribution < 1.29 is 0 Å². The summed E-state index contributed by atoms with van der Waals surface area (Å²) in [6.07, 6.45) is 12.0. The summed E-state index contributed by atoms with van der Waals surface area (Å²) in [6, 6.07) is 0. The van der Waals surface area contributed by atoms with Crippen molar-refractivity contribution in [2.75, 3.05) is 0 Å². The van der Waals surface area contributed by atoms with Crippen molar-refractivity contribution in [2.45, 2.75) is 45.4 Å². The number of rotatable bonds is 6. The Morgan fingerprint density at radius 3 is 2.20 bits per heavy atom. The molecule has 0 spiro atoms. The molecule has 10 heavy (non-hydrogen) atoms. The van der Waals surface area contributed by atoms with Crippen LogP contribution in [0.15, 0.2) is 12.2 Å². The maximum absolute atomic E-state index is 3.79. The van der Waals surface area contributed by atoms with Gasteiger partial charge in [-0.3, -0.25) is 0 Å². The molecule has 0 aliphatic carbocycles. The summed E-state index contributed by atoms with van der Waals surface area (Å²) in [7, 11) is 0. The molecule has 0 saturated heterocycles. The van der Waals surface area contributed by atoms with E-state index in [-0.39, 0.29) is 0 Å². The fourth-order valence-electron chi connectivity index (χ4n) is 0.820. The van der Waals surface area contributed by atoms with E-state index < -0.39 is 0 Å². The van der Waals surface area contributed by atoms with Crippen LogP contribution in [0, 0.1) is 6.92 Å². The standard InChI is InChI=1S/C10H19/c1-3-5-7-9-10-8-6-4-2/h9-10H,1,3-8H2,2H3. The average Bonchev–Trinajstić information content (AvgIpc) is 1.97. The molecule has 0 fully saturated rings. The van der Waals surface area contributed by atoms with Crippen molar-refractivity contribution in [3.63, 3.8) is 0 Å². The third-order valence-corrected chi connectivity index (χ3v) is 1.51. The predicted octanol–water partition coefficient (Wildman–Crippen LogP) is 3.74. The molecule has 0 aromatic carbocycles. The van der Waals surface area contributed by atoms with Gasteiger partial charge < -0.3 is 0 Å². The highest BCUT2D eigenvalue weighted by molar-refractivity contribution is 4.81. The van der Waals surface area contributed by atoms with Crippen molar-refractivity contribution in [1.82, 2.24) is 0 Å². The Morgan fingerprint density at radius 2 is 1.70 bits per heavy atom. The molecule has 0 aliphatic rings. The fourth-order valence-corrected chi connectivity index (χ4v) is 0.820. The summed E-state index contributed by atoms with van der Waals surface area (Å²) in [6.45, 7) is 6.01. The van der Waals surface area contributed by atoms with Gasteiger partial charge in [-0.25, -0.2) is 0 Å². The Hall–Kier alpha value is -0.260. The molecule has 0 unspecified atom stereocenters. The number of hydrogen-bond donors (Lipinski definition) is 0. The average molecular weight is 139 g/mol. The van der Waals surface area contributed by atoms with Crippen LogP contribution in [0.4, 0.5) is 0 Å². The van der Waals surface area contributed by atoms with E-state index in [1.54, 1.807) is 0 Å². The highest BCUT2D eigenvalue weighted by Gasteiger charge is 1.78. The van der Waals surface area contributed by atoms with Gasteiger partial charge >= 0.3 is 0 Å². The lowest BCUT2D eigenvalue weighted by Crippen LogP contribution is -1.69. The van der Waals surface area contributed by atoms with Crippen LogP contribution in [0.25, 0.3) is 0 Å². The van der Waals surface area contributed by atoms with Gasteiger partial charge in [0.1, 0.15) is 0 Å². The zero-order chi connectivity index (χ0) is 7.66. The van der Waals surface area contributed by atoms with E-state index >= 15 is 0 Å². The molecule has 1 radical (unpaired) electrons. The molecule has 59 valence electrons. The smallest absolute Gasteiger partial charge is 0.0351 e. The topological polar surface area (TPSA) is 0 Å². The largest absolute Gasteiger partial charge is 0.0885 e. The van der Waals surface area contributed by atoms with Crippen LogP contribution in [0.1, 0.15) is 45.4 Å². The molecule has 0 N–H and O–H groups in total. The Kier molecular flexibility index (Phi) is 8.51. The summed E-state index contributed by atoms with van der Waals surface area (Å²) in [5.41, 5.74) is 0. The van der Waals surface area contributed by atoms with Crippen LogP contribution >= 0.6 is 0 Å². The Morgan fingerprint density at radius 1 is 1.10 bits per heavy atom. The second kappa shape index (κ2) is 8.74. The molecule has 0 aromatic rings. The maximum Gasteiger partial charge on any atom is -0.0351 e. The monoisotopic (exact) mass is 139 g/mol.